The molecular formula is C14H17BrN2O2. The summed E-state index contributed by atoms with van der Waals surface area (Å²) in [5.74, 6) is -0.133. The Morgan fingerprint density at radius 3 is 2.47 bits per heavy atom. The zero-order chi connectivity index (χ0) is 14.2. The fourth-order valence-corrected chi connectivity index (χ4v) is 2.82. The Hall–Kier alpha value is -1.36. The highest BCUT2D eigenvalue weighted by atomic mass is 79.9. The van der Waals surface area contributed by atoms with Crippen LogP contribution in [0.5, 0.6) is 0 Å². The lowest BCUT2D eigenvalue weighted by Crippen LogP contribution is -2.64. The van der Waals surface area contributed by atoms with Crippen LogP contribution in [0.2, 0.25) is 0 Å². The Labute approximate surface area is 121 Å². The normalized spacial score (nSPS) is 23.7. The zero-order valence-electron chi connectivity index (χ0n) is 11.2. The molecule has 0 radical (unpaired) electrons. The van der Waals surface area contributed by atoms with Crippen molar-refractivity contribution >= 4 is 33.4 Å². The van der Waals surface area contributed by atoms with Crippen LogP contribution in [0.1, 0.15) is 20.8 Å². The Morgan fingerprint density at radius 2 is 1.89 bits per heavy atom. The van der Waals surface area contributed by atoms with Gasteiger partial charge in [-0.15, -0.1) is 0 Å². The zero-order valence-corrected chi connectivity index (χ0v) is 12.8. The van der Waals surface area contributed by atoms with Crippen molar-refractivity contribution in [3.8, 4) is 0 Å². The van der Waals surface area contributed by atoms with E-state index in [0.29, 0.717) is 0 Å². The second-order valence-electron chi connectivity index (χ2n) is 5.08. The number of nitrogens with zero attached hydrogens (tertiary/aromatic N) is 1. The lowest BCUT2D eigenvalue weighted by molar-refractivity contribution is -0.134. The number of rotatable bonds is 2. The molecule has 1 N–H and O–H groups in total. The summed E-state index contributed by atoms with van der Waals surface area (Å²) in [7, 11) is 0. The first-order chi connectivity index (χ1) is 8.93. The van der Waals surface area contributed by atoms with Gasteiger partial charge in [0.2, 0.25) is 11.8 Å². The van der Waals surface area contributed by atoms with Gasteiger partial charge in [0.05, 0.1) is 5.69 Å². The number of para-hydroxylation sites is 1. The molecule has 2 unspecified atom stereocenters. The molecule has 102 valence electrons. The molecule has 0 saturated carbocycles. The monoisotopic (exact) mass is 324 g/mol. The lowest BCUT2D eigenvalue weighted by atomic mass is 9.96. The number of benzene rings is 1. The van der Waals surface area contributed by atoms with E-state index in [2.05, 4.69) is 21.2 Å². The van der Waals surface area contributed by atoms with E-state index in [9.17, 15) is 9.59 Å². The van der Waals surface area contributed by atoms with Gasteiger partial charge in [0, 0.05) is 4.47 Å². The summed E-state index contributed by atoms with van der Waals surface area (Å²) in [6, 6.07) is 6.51. The molecule has 2 rings (SSSR count). The molecule has 0 aromatic heterocycles. The van der Waals surface area contributed by atoms with E-state index in [1.54, 1.807) is 11.8 Å². The summed E-state index contributed by atoms with van der Waals surface area (Å²) >= 11 is 3.45. The third-order valence-corrected chi connectivity index (χ3v) is 3.93. The van der Waals surface area contributed by atoms with Gasteiger partial charge in [-0.3, -0.25) is 14.5 Å². The van der Waals surface area contributed by atoms with E-state index >= 15 is 0 Å². The molecule has 2 amide bonds. The van der Waals surface area contributed by atoms with E-state index in [-0.39, 0.29) is 17.7 Å². The molecule has 19 heavy (non-hydrogen) atoms. The first-order valence-electron chi connectivity index (χ1n) is 6.31. The number of hydrogen-bond donors (Lipinski definition) is 1. The van der Waals surface area contributed by atoms with Crippen LogP contribution in [-0.2, 0) is 9.59 Å². The molecule has 1 fully saturated rings. The highest BCUT2D eigenvalue weighted by Crippen LogP contribution is 2.31. The molecule has 1 aliphatic rings. The van der Waals surface area contributed by atoms with Gasteiger partial charge in [0.15, 0.2) is 0 Å². The third kappa shape index (κ3) is 2.52. The Balaban J connectivity index is 2.51. The molecule has 5 heteroatoms. The number of carbonyl (C=O) groups excluding carboxylic acids is 2. The number of amides is 2. The first kappa shape index (κ1) is 14.1. The van der Waals surface area contributed by atoms with Crippen LogP contribution >= 0.6 is 15.9 Å². The highest BCUT2D eigenvalue weighted by molar-refractivity contribution is 9.10. The predicted molar refractivity (Wildman–Crippen MR) is 77.9 cm³/mol. The van der Waals surface area contributed by atoms with E-state index in [1.807, 2.05) is 38.1 Å². The predicted octanol–water partition coefficient (Wildman–Crippen LogP) is 2.33. The number of piperazine rings is 1. The minimum atomic E-state index is -0.491. The highest BCUT2D eigenvalue weighted by Gasteiger charge is 2.41. The fourth-order valence-electron chi connectivity index (χ4n) is 2.34. The quantitative estimate of drug-likeness (QED) is 0.907. The smallest absolute Gasteiger partial charge is 0.250 e. The molecule has 0 spiro atoms. The number of hydrogen-bond acceptors (Lipinski definition) is 2. The molecular weight excluding hydrogens is 308 g/mol. The summed E-state index contributed by atoms with van der Waals surface area (Å²) in [4.78, 5) is 26.2. The fraction of sp³-hybridized carbons (Fsp3) is 0.429. The number of halogens is 1. The van der Waals surface area contributed by atoms with Crippen LogP contribution in [0.15, 0.2) is 28.7 Å². The first-order valence-corrected chi connectivity index (χ1v) is 7.10. The van der Waals surface area contributed by atoms with Crippen molar-refractivity contribution in [2.75, 3.05) is 4.90 Å². The summed E-state index contributed by atoms with van der Waals surface area (Å²) in [5.41, 5.74) is 0.743. The van der Waals surface area contributed by atoms with Crippen molar-refractivity contribution in [1.29, 1.82) is 0 Å². The van der Waals surface area contributed by atoms with Crippen LogP contribution in [0.3, 0.4) is 0 Å². The van der Waals surface area contributed by atoms with Gasteiger partial charge in [-0.1, -0.05) is 26.0 Å². The average molecular weight is 325 g/mol. The van der Waals surface area contributed by atoms with Crippen LogP contribution in [0.4, 0.5) is 5.69 Å². The summed E-state index contributed by atoms with van der Waals surface area (Å²) in [6.45, 7) is 5.59. The van der Waals surface area contributed by atoms with E-state index in [4.69, 9.17) is 0 Å². The van der Waals surface area contributed by atoms with Crippen LogP contribution in [0.25, 0.3) is 0 Å². The van der Waals surface area contributed by atoms with Gasteiger partial charge in [-0.05, 0) is 40.9 Å². The van der Waals surface area contributed by atoms with Gasteiger partial charge < -0.3 is 5.32 Å². The second kappa shape index (κ2) is 5.33. The van der Waals surface area contributed by atoms with Gasteiger partial charge in [-0.25, -0.2) is 0 Å². The molecule has 1 saturated heterocycles. The average Bonchev–Trinajstić information content (AvgIpc) is 2.34. The summed E-state index contributed by atoms with van der Waals surface area (Å²) in [5, 5.41) is 2.73. The maximum absolute atomic E-state index is 12.4. The standard InChI is InChI=1S/C14H17BrN2O2/c1-8(2)12-13(18)16-9(3)14(19)17(12)11-7-5-4-6-10(11)15/h4-9,12H,1-3H3,(H,16,18). The molecule has 0 bridgehead atoms. The minimum absolute atomic E-state index is 0.0450. The Morgan fingerprint density at radius 1 is 1.26 bits per heavy atom. The van der Waals surface area contributed by atoms with Crippen molar-refractivity contribution in [3.63, 3.8) is 0 Å². The third-order valence-electron chi connectivity index (χ3n) is 3.26. The van der Waals surface area contributed by atoms with Crippen LogP contribution in [0, 0.1) is 5.92 Å². The van der Waals surface area contributed by atoms with Crippen molar-refractivity contribution in [2.45, 2.75) is 32.9 Å². The molecule has 2 atom stereocenters. The van der Waals surface area contributed by atoms with Crippen molar-refractivity contribution in [2.24, 2.45) is 5.92 Å². The van der Waals surface area contributed by atoms with Gasteiger partial charge in [0.1, 0.15) is 12.1 Å². The molecule has 1 aromatic rings. The molecule has 1 aromatic carbocycles. The summed E-state index contributed by atoms with van der Waals surface area (Å²) < 4.78 is 0.816. The second-order valence-corrected chi connectivity index (χ2v) is 5.93. The maximum Gasteiger partial charge on any atom is 0.250 e. The SMILES string of the molecule is CC1NC(=O)C(C(C)C)N(c2ccccc2Br)C1=O. The largest absolute Gasteiger partial charge is 0.343 e. The van der Waals surface area contributed by atoms with Crippen molar-refractivity contribution in [1.82, 2.24) is 5.32 Å². The van der Waals surface area contributed by atoms with E-state index in [0.717, 1.165) is 10.2 Å². The van der Waals surface area contributed by atoms with Crippen LogP contribution < -0.4 is 10.2 Å². The van der Waals surface area contributed by atoms with Crippen LogP contribution in [-0.4, -0.2) is 23.9 Å². The number of carbonyl (C=O) groups is 2. The topological polar surface area (TPSA) is 49.4 Å². The molecule has 4 nitrogen and oxygen atoms in total. The Bertz CT molecular complexity index is 516. The van der Waals surface area contributed by atoms with Gasteiger partial charge in [-0.2, -0.15) is 0 Å². The van der Waals surface area contributed by atoms with Crippen molar-refractivity contribution < 1.29 is 9.59 Å². The van der Waals surface area contributed by atoms with E-state index < -0.39 is 12.1 Å². The molecule has 1 aliphatic heterocycles. The number of nitrogens with one attached hydrogen (secondary N) is 1. The van der Waals surface area contributed by atoms with E-state index in [1.165, 1.54) is 0 Å². The molecule has 0 aliphatic carbocycles. The lowest BCUT2D eigenvalue weighted by Gasteiger charge is -2.40. The maximum atomic E-state index is 12.4. The minimum Gasteiger partial charge on any atom is -0.343 e. The molecule has 1 heterocycles. The number of anilines is 1. The summed E-state index contributed by atoms with van der Waals surface area (Å²) in [6.07, 6.45) is 0. The van der Waals surface area contributed by atoms with Gasteiger partial charge in [0.25, 0.3) is 0 Å². The Kier molecular flexibility index (Phi) is 3.94. The van der Waals surface area contributed by atoms with Gasteiger partial charge >= 0.3 is 0 Å². The van der Waals surface area contributed by atoms with Crippen molar-refractivity contribution in [3.05, 3.63) is 28.7 Å².